The first-order chi connectivity index (χ1) is 12.8. The monoisotopic (exact) mass is 344 g/mol. The largest absolute Gasteiger partial charge is 0.488 e. The minimum Gasteiger partial charge on any atom is -0.488 e. The lowest BCUT2D eigenvalue weighted by Gasteiger charge is -2.41. The zero-order chi connectivity index (χ0) is 17.3. The van der Waals surface area contributed by atoms with Gasteiger partial charge in [-0.25, -0.2) is 4.79 Å². The fraction of sp³-hybridized carbons (Fsp3) is 0.348. The molecule has 5 atom stereocenters. The molecule has 1 aromatic heterocycles. The lowest BCUT2D eigenvalue weighted by molar-refractivity contribution is 0.0541. The normalized spacial score (nSPS) is 31.5. The Balaban J connectivity index is 1.66. The van der Waals surface area contributed by atoms with Gasteiger partial charge >= 0.3 is 5.63 Å². The molecule has 3 heteroatoms. The molecule has 2 aromatic carbocycles. The molecule has 0 amide bonds. The second-order valence-corrected chi connectivity index (χ2v) is 8.01. The van der Waals surface area contributed by atoms with E-state index in [-0.39, 0.29) is 17.6 Å². The molecule has 2 fully saturated rings. The second kappa shape index (κ2) is 5.23. The fourth-order valence-corrected chi connectivity index (χ4v) is 5.83. The first-order valence-corrected chi connectivity index (χ1v) is 9.58. The predicted octanol–water partition coefficient (Wildman–Crippen LogP) is 4.73. The second-order valence-electron chi connectivity index (χ2n) is 8.01. The van der Waals surface area contributed by atoms with Crippen LogP contribution >= 0.6 is 0 Å². The Morgan fingerprint density at radius 1 is 0.885 bits per heavy atom. The predicted molar refractivity (Wildman–Crippen MR) is 99.5 cm³/mol. The molecule has 6 rings (SSSR count). The lowest BCUT2D eigenvalue weighted by atomic mass is 9.70. The van der Waals surface area contributed by atoms with E-state index in [1.54, 1.807) is 0 Å². The van der Waals surface area contributed by atoms with Crippen LogP contribution in [0.2, 0.25) is 0 Å². The van der Waals surface area contributed by atoms with Crippen molar-refractivity contribution in [2.45, 2.75) is 31.3 Å². The maximum atomic E-state index is 13.0. The summed E-state index contributed by atoms with van der Waals surface area (Å²) in [7, 11) is 0. The number of rotatable bonds is 1. The third-order valence-electron chi connectivity index (χ3n) is 6.81. The number of benzene rings is 2. The van der Waals surface area contributed by atoms with Gasteiger partial charge in [-0.1, -0.05) is 42.5 Å². The Bertz CT molecular complexity index is 1050. The average Bonchev–Trinajstić information content (AvgIpc) is 3.30. The molecule has 2 saturated carbocycles. The highest BCUT2D eigenvalue weighted by Crippen LogP contribution is 2.59. The number of ether oxygens (including phenoxy) is 1. The average molecular weight is 344 g/mol. The van der Waals surface area contributed by atoms with E-state index in [0.717, 1.165) is 16.7 Å². The minimum absolute atomic E-state index is 0.0705. The molecule has 2 aliphatic carbocycles. The van der Waals surface area contributed by atoms with Gasteiger partial charge in [-0.3, -0.25) is 0 Å². The molecule has 0 radical (unpaired) electrons. The van der Waals surface area contributed by atoms with Crippen molar-refractivity contribution in [2.75, 3.05) is 0 Å². The highest BCUT2D eigenvalue weighted by Gasteiger charge is 2.56. The Morgan fingerprint density at radius 2 is 1.65 bits per heavy atom. The van der Waals surface area contributed by atoms with Crippen LogP contribution in [0.3, 0.4) is 0 Å². The zero-order valence-corrected chi connectivity index (χ0v) is 14.4. The standard InChI is InChI=1S/C23H20O3/c24-23-20-18(13-6-2-1-3-7-13)19-14-10-11-15(12-14)21(19)26-22(20)16-8-4-5-9-17(16)25-23/h1-9,14-15,18-19,21H,10-12H2/t14?,15?,18-,19?,21+/m1/s1. The van der Waals surface area contributed by atoms with Crippen LogP contribution in [-0.2, 0) is 0 Å². The van der Waals surface area contributed by atoms with E-state index in [9.17, 15) is 4.79 Å². The number of hydrogen-bond acceptors (Lipinski definition) is 3. The molecule has 0 saturated heterocycles. The smallest absolute Gasteiger partial charge is 0.343 e. The van der Waals surface area contributed by atoms with Gasteiger partial charge in [-0.15, -0.1) is 0 Å². The molecule has 3 aromatic rings. The number of hydrogen-bond donors (Lipinski definition) is 0. The Hall–Kier alpha value is -2.55. The molecule has 3 unspecified atom stereocenters. The van der Waals surface area contributed by atoms with Crippen molar-refractivity contribution >= 4 is 11.0 Å². The summed E-state index contributed by atoms with van der Waals surface area (Å²) >= 11 is 0. The van der Waals surface area contributed by atoms with Gasteiger partial charge in [-0.05, 0) is 48.8 Å². The molecule has 0 N–H and O–H groups in total. The van der Waals surface area contributed by atoms with E-state index in [0.29, 0.717) is 23.3 Å². The molecule has 3 nitrogen and oxygen atoms in total. The van der Waals surface area contributed by atoms with Gasteiger partial charge in [0.05, 0.1) is 10.9 Å². The quantitative estimate of drug-likeness (QED) is 0.599. The highest BCUT2D eigenvalue weighted by molar-refractivity contribution is 5.85. The molecule has 2 heterocycles. The first-order valence-electron chi connectivity index (χ1n) is 9.58. The SMILES string of the molecule is O=c1oc2ccccc2c2c1[C@H](c1ccccc1)C1C3CCC(C3)[C@@H]1O2. The molecule has 0 spiro atoms. The van der Waals surface area contributed by atoms with E-state index in [1.807, 2.05) is 30.3 Å². The number of fused-ring (bicyclic) bond motifs is 8. The lowest BCUT2D eigenvalue weighted by Crippen LogP contribution is -2.42. The molecule has 26 heavy (non-hydrogen) atoms. The van der Waals surface area contributed by atoms with Crippen molar-refractivity contribution in [1.29, 1.82) is 0 Å². The van der Waals surface area contributed by atoms with Gasteiger partial charge in [-0.2, -0.15) is 0 Å². The highest BCUT2D eigenvalue weighted by atomic mass is 16.5. The Morgan fingerprint density at radius 3 is 2.54 bits per heavy atom. The molecule has 130 valence electrons. The molecule has 1 aliphatic heterocycles. The summed E-state index contributed by atoms with van der Waals surface area (Å²) in [6, 6.07) is 18.2. The van der Waals surface area contributed by atoms with Gasteiger partial charge in [0.1, 0.15) is 17.4 Å². The maximum absolute atomic E-state index is 13.0. The Labute approximate surface area is 151 Å². The van der Waals surface area contributed by atoms with Crippen molar-refractivity contribution in [3.63, 3.8) is 0 Å². The molecule has 3 aliphatic rings. The van der Waals surface area contributed by atoms with Crippen molar-refractivity contribution in [1.82, 2.24) is 0 Å². The van der Waals surface area contributed by atoms with E-state index < -0.39 is 0 Å². The summed E-state index contributed by atoms with van der Waals surface area (Å²) in [6.07, 6.45) is 3.96. The van der Waals surface area contributed by atoms with E-state index in [1.165, 1.54) is 24.8 Å². The van der Waals surface area contributed by atoms with Crippen molar-refractivity contribution in [2.24, 2.45) is 17.8 Å². The van der Waals surface area contributed by atoms with E-state index in [4.69, 9.17) is 9.15 Å². The van der Waals surface area contributed by atoms with Gasteiger partial charge in [0, 0.05) is 11.8 Å². The summed E-state index contributed by atoms with van der Waals surface area (Å²) in [5.41, 5.74) is 2.31. The molecule has 2 bridgehead atoms. The van der Waals surface area contributed by atoms with Crippen LogP contribution < -0.4 is 10.4 Å². The van der Waals surface area contributed by atoms with Gasteiger partial charge in [0.25, 0.3) is 0 Å². The van der Waals surface area contributed by atoms with Crippen molar-refractivity contribution in [3.05, 3.63) is 76.1 Å². The summed E-state index contributed by atoms with van der Waals surface area (Å²) in [5.74, 6) is 2.48. The Kier molecular flexibility index (Phi) is 2.94. The van der Waals surface area contributed by atoms with Crippen LogP contribution in [0.4, 0.5) is 0 Å². The zero-order valence-electron chi connectivity index (χ0n) is 14.4. The van der Waals surface area contributed by atoms with Crippen LogP contribution in [0.25, 0.3) is 11.0 Å². The summed E-state index contributed by atoms with van der Waals surface area (Å²) in [6.45, 7) is 0. The summed E-state index contributed by atoms with van der Waals surface area (Å²) < 4.78 is 12.3. The van der Waals surface area contributed by atoms with Crippen molar-refractivity contribution in [3.8, 4) is 5.75 Å². The minimum atomic E-state index is -0.242. The van der Waals surface area contributed by atoms with Gasteiger partial charge in [0.15, 0.2) is 0 Å². The third kappa shape index (κ3) is 1.86. The van der Waals surface area contributed by atoms with Gasteiger partial charge < -0.3 is 9.15 Å². The maximum Gasteiger partial charge on any atom is 0.343 e. The van der Waals surface area contributed by atoms with Crippen LogP contribution in [0.1, 0.15) is 36.3 Å². The van der Waals surface area contributed by atoms with E-state index >= 15 is 0 Å². The fourth-order valence-electron chi connectivity index (χ4n) is 5.83. The third-order valence-corrected chi connectivity index (χ3v) is 6.81. The first kappa shape index (κ1) is 14.6. The van der Waals surface area contributed by atoms with Crippen LogP contribution in [0.5, 0.6) is 5.75 Å². The summed E-state index contributed by atoms with van der Waals surface area (Å²) in [5, 5.41) is 0.921. The van der Waals surface area contributed by atoms with Crippen LogP contribution in [0, 0.1) is 17.8 Å². The van der Waals surface area contributed by atoms with E-state index in [2.05, 4.69) is 24.3 Å². The molecular formula is C23H20O3. The van der Waals surface area contributed by atoms with Crippen LogP contribution in [-0.4, -0.2) is 6.10 Å². The van der Waals surface area contributed by atoms with Crippen molar-refractivity contribution < 1.29 is 9.15 Å². The topological polar surface area (TPSA) is 39.4 Å². The van der Waals surface area contributed by atoms with Crippen LogP contribution in [0.15, 0.2) is 63.8 Å². The summed E-state index contributed by atoms with van der Waals surface area (Å²) in [4.78, 5) is 13.0. The molecular weight excluding hydrogens is 324 g/mol. The van der Waals surface area contributed by atoms with Gasteiger partial charge in [0.2, 0.25) is 0 Å². The number of para-hydroxylation sites is 1.